The molecular formula is C63H113N31O18. The van der Waals surface area contributed by atoms with E-state index in [9.17, 15) is 82.4 Å². The number of imidazole rings is 1. The van der Waals surface area contributed by atoms with E-state index in [4.69, 9.17) is 68.2 Å². The zero-order chi connectivity index (χ0) is 84.2. The monoisotopic (exact) mass is 1590 g/mol. The summed E-state index contributed by atoms with van der Waals surface area (Å²) in [6.07, 6.45) is 1.85. The van der Waals surface area contributed by atoms with Gasteiger partial charge in [-0.05, 0) is 96.3 Å². The molecule has 1 saturated heterocycles. The van der Waals surface area contributed by atoms with Gasteiger partial charge in [0.1, 0.15) is 79.0 Å². The second-order valence-electron chi connectivity index (χ2n) is 26.2. The number of aliphatic hydroxyl groups excluding tert-OH is 3. The number of rotatable bonds is 53. The van der Waals surface area contributed by atoms with Gasteiger partial charge >= 0.3 is 5.97 Å². The number of aliphatic carboxylic acids is 1. The maximum absolute atomic E-state index is 14.6. The number of aliphatic imine (C=N–C) groups is 5. The predicted octanol–water partition coefficient (Wildman–Crippen LogP) is -14.3. The van der Waals surface area contributed by atoms with Crippen molar-refractivity contribution in [2.75, 3.05) is 72.2 Å². The van der Waals surface area contributed by atoms with E-state index < -0.39 is 188 Å². The van der Waals surface area contributed by atoms with Crippen molar-refractivity contribution < 1.29 is 87.5 Å². The maximum atomic E-state index is 14.6. The third-order valence-corrected chi connectivity index (χ3v) is 16.4. The maximum Gasteiger partial charge on any atom is 0.322 e. The van der Waals surface area contributed by atoms with Gasteiger partial charge in [-0.1, -0.05) is 13.8 Å². The number of nitrogens with two attached hydrogens (primary N) is 11. The number of aromatic nitrogens is 2. The van der Waals surface area contributed by atoms with E-state index in [1.807, 2.05) is 5.32 Å². The molecule has 0 unspecified atom stereocenters. The van der Waals surface area contributed by atoms with Gasteiger partial charge in [0.05, 0.1) is 32.7 Å². The number of hydrogen-bond acceptors (Lipinski definition) is 24. The van der Waals surface area contributed by atoms with Gasteiger partial charge < -0.3 is 157 Å². The molecule has 1 aliphatic rings. The molecule has 628 valence electrons. The van der Waals surface area contributed by atoms with Crippen LogP contribution in [0.4, 0.5) is 0 Å². The molecule has 12 atom stereocenters. The van der Waals surface area contributed by atoms with Gasteiger partial charge in [-0.25, -0.2) is 4.98 Å². The second kappa shape index (κ2) is 51.4. The van der Waals surface area contributed by atoms with E-state index in [0.29, 0.717) is 5.69 Å². The van der Waals surface area contributed by atoms with Gasteiger partial charge in [0.2, 0.25) is 76.8 Å². The van der Waals surface area contributed by atoms with Crippen molar-refractivity contribution in [3.8, 4) is 0 Å². The van der Waals surface area contributed by atoms with Crippen molar-refractivity contribution in [1.29, 1.82) is 0 Å². The zero-order valence-electron chi connectivity index (χ0n) is 62.8. The number of likely N-dealkylation sites (tertiary alicyclic amines) is 1. The molecule has 1 aromatic heterocycles. The summed E-state index contributed by atoms with van der Waals surface area (Å²) in [5, 5.41) is 68.2. The summed E-state index contributed by atoms with van der Waals surface area (Å²) in [4.78, 5) is 219. The van der Waals surface area contributed by atoms with E-state index in [-0.39, 0.29) is 165 Å². The molecule has 112 heavy (non-hydrogen) atoms. The number of guanidine groups is 5. The van der Waals surface area contributed by atoms with E-state index in [0.717, 1.165) is 4.90 Å². The van der Waals surface area contributed by atoms with Crippen LogP contribution in [0.15, 0.2) is 37.5 Å². The lowest BCUT2D eigenvalue weighted by atomic mass is 10.0. The van der Waals surface area contributed by atoms with E-state index in [1.54, 1.807) is 13.8 Å². The van der Waals surface area contributed by atoms with Gasteiger partial charge in [0.25, 0.3) is 0 Å². The Labute approximate surface area is 644 Å². The van der Waals surface area contributed by atoms with Gasteiger partial charge in [-0.15, -0.1) is 0 Å². The molecule has 49 nitrogen and oxygen atoms in total. The largest absolute Gasteiger partial charge is 0.480 e. The van der Waals surface area contributed by atoms with Gasteiger partial charge in [-0.2, -0.15) is 0 Å². The number of carboxylic acid groups (broad SMARTS) is 1. The number of nitrogens with one attached hydrogen (secondary N) is 13. The highest BCUT2D eigenvalue weighted by molar-refractivity contribution is 6.00. The lowest BCUT2D eigenvalue weighted by molar-refractivity contribution is -0.143. The fourth-order valence-corrected chi connectivity index (χ4v) is 10.8. The Balaban J connectivity index is 2.52. The fraction of sp³-hybridized carbons (Fsp3) is 0.651. The van der Waals surface area contributed by atoms with Gasteiger partial charge in [0, 0.05) is 57.6 Å². The first-order valence-corrected chi connectivity index (χ1v) is 35.8. The third-order valence-electron chi connectivity index (χ3n) is 16.4. The minimum Gasteiger partial charge on any atom is -0.480 e. The Morgan fingerprint density at radius 1 is 0.464 bits per heavy atom. The Bertz CT molecular complexity index is 3430. The van der Waals surface area contributed by atoms with Crippen LogP contribution in [0.25, 0.3) is 0 Å². The first-order valence-electron chi connectivity index (χ1n) is 35.8. The van der Waals surface area contributed by atoms with Crippen LogP contribution >= 0.6 is 0 Å². The zero-order valence-corrected chi connectivity index (χ0v) is 62.8. The second-order valence-corrected chi connectivity index (χ2v) is 26.2. The van der Waals surface area contributed by atoms with Crippen molar-refractivity contribution >= 4 is 113 Å². The fourth-order valence-electron chi connectivity index (χ4n) is 10.8. The van der Waals surface area contributed by atoms with E-state index in [2.05, 4.69) is 93.4 Å². The van der Waals surface area contributed by atoms with Crippen LogP contribution in [-0.4, -0.2) is 293 Å². The first kappa shape index (κ1) is 96.1. The van der Waals surface area contributed by atoms with Crippen LogP contribution in [0.5, 0.6) is 0 Å². The molecule has 1 aliphatic heterocycles. The highest BCUT2D eigenvalue weighted by Gasteiger charge is 2.41. The van der Waals surface area contributed by atoms with Gasteiger partial charge in [-0.3, -0.25) is 92.1 Å². The summed E-state index contributed by atoms with van der Waals surface area (Å²) in [6, 6.07) is -18.0. The van der Waals surface area contributed by atoms with Crippen LogP contribution in [0.1, 0.15) is 110 Å². The Morgan fingerprint density at radius 2 is 0.839 bits per heavy atom. The summed E-state index contributed by atoms with van der Waals surface area (Å²) >= 11 is 0. The summed E-state index contributed by atoms with van der Waals surface area (Å²) < 4.78 is 0. The summed E-state index contributed by atoms with van der Waals surface area (Å²) in [5.41, 5.74) is 61.2. The molecule has 13 amide bonds. The minimum absolute atomic E-state index is 0.0102. The molecule has 0 spiro atoms. The Hall–Kier alpha value is -12.0. The summed E-state index contributed by atoms with van der Waals surface area (Å²) in [7, 11) is 0. The number of carboxylic acids is 1. The topological polar surface area (TPSA) is 844 Å². The summed E-state index contributed by atoms with van der Waals surface area (Å²) in [5.74, 6) is -15.6. The lowest BCUT2D eigenvalue weighted by Crippen LogP contribution is -2.61. The van der Waals surface area contributed by atoms with Crippen molar-refractivity contribution in [3.05, 3.63) is 18.2 Å². The molecule has 2 heterocycles. The number of carbonyl (C=O) groups excluding carboxylic acids is 13. The van der Waals surface area contributed by atoms with E-state index in [1.165, 1.54) is 19.4 Å². The van der Waals surface area contributed by atoms with Crippen molar-refractivity contribution in [3.63, 3.8) is 0 Å². The van der Waals surface area contributed by atoms with Crippen LogP contribution in [0.2, 0.25) is 0 Å². The number of hydrogen-bond donors (Lipinski definition) is 28. The molecule has 0 saturated carbocycles. The number of nitrogens with zero attached hydrogens (tertiary/aromatic N) is 7. The van der Waals surface area contributed by atoms with Crippen LogP contribution in [0, 0.1) is 5.92 Å². The van der Waals surface area contributed by atoms with Crippen molar-refractivity contribution in [2.24, 2.45) is 94.0 Å². The average Bonchev–Trinajstić information content (AvgIpc) is 1.63. The minimum atomic E-state index is -1.81. The Kier molecular flexibility index (Phi) is 44.1. The highest BCUT2D eigenvalue weighted by atomic mass is 16.4. The van der Waals surface area contributed by atoms with Crippen molar-refractivity contribution in [1.82, 2.24) is 78.7 Å². The van der Waals surface area contributed by atoms with Crippen molar-refractivity contribution in [2.45, 2.75) is 183 Å². The van der Waals surface area contributed by atoms with Crippen LogP contribution in [0.3, 0.4) is 0 Å². The normalized spacial score (nSPS) is 15.2. The number of aromatic amines is 1. The quantitative estimate of drug-likeness (QED) is 0.0164. The molecule has 1 fully saturated rings. The lowest BCUT2D eigenvalue weighted by Gasteiger charge is -2.30. The molecule has 39 N–H and O–H groups in total. The SMILES string of the molecule is CC(C)C[C@H](NC(=O)[C@H](Cc1cnc[nH]1)NC(=O)[C@H](CCCN=C(N)N)NC(=O)[C@@H]1CCCN1C(=O)[C@H](CO)NC(=O)[C@H](CCCN=C(N)N)NC(=O)[C@H](CCCN=C(N)N)NC(=O)[C@H](C)NC(=O)[C@H](CCCN=C(N)N)NC(=O)[C@H](CCCN=C(N)N)NC(=O)[C@@H](N)CO)C(=O)NCC(=O)N[C@@H](CO)C(=O)NCC(=O)O. The first-order chi connectivity index (χ1) is 52.9. The molecule has 49 heteroatoms. The van der Waals surface area contributed by atoms with Crippen LogP contribution < -0.4 is 127 Å². The predicted molar refractivity (Wildman–Crippen MR) is 404 cm³/mol. The van der Waals surface area contributed by atoms with Gasteiger partial charge in [0.15, 0.2) is 29.8 Å². The molecule has 0 aromatic carbocycles. The standard InChI is InChI=1S/C63H113N31O18/c1-31(2)22-40(49(103)81-25-45(98)85-42(28-96)50(104)82-26-46(99)100)91-56(110)41(23-33-24-75-30-83-33)92-54(108)39(14-8-20-80-63(73)74)90-57(111)44-15-9-21-94(44)58(112)43(29-97)93-55(109)38(13-7-19-79-62(71)72)89-52(106)36(11-5-17-77-60(67)68)86-47(101)32(3)84-51(105)35(10-4-16-76-59(65)66)88-53(107)37(12-6-18-78-61(69)70)87-48(102)34(64)27-95/h24,30-32,34-44,95-97H,4-23,25-29,64H2,1-3H3,(H,75,83)(H,81,103)(H,82,104)(H,84,105)(H,85,98)(H,86,101)(H,87,102)(H,88,107)(H,89,106)(H,90,111)(H,91,110)(H,92,108)(H,93,109)(H,99,100)(H4,65,66,76)(H4,67,68,77)(H4,69,70,78)(H4,71,72,79)(H4,73,74,80)/t32-,34-,35-,36-,37-,38-,39-,40-,41-,42-,43-,44-/m0/s1. The number of aliphatic hydroxyl groups is 3. The summed E-state index contributed by atoms with van der Waals surface area (Å²) in [6.45, 7) is -0.0441. The number of amides is 13. The van der Waals surface area contributed by atoms with E-state index >= 15 is 0 Å². The third kappa shape index (κ3) is 37.9. The van der Waals surface area contributed by atoms with Crippen LogP contribution in [-0.2, 0) is 73.5 Å². The highest BCUT2D eigenvalue weighted by Crippen LogP contribution is 2.20. The number of H-pyrrole nitrogens is 1. The smallest absolute Gasteiger partial charge is 0.322 e. The molecule has 0 aliphatic carbocycles. The molecule has 1 aromatic rings. The molecular weight excluding hydrogens is 1480 g/mol. The average molecular weight is 1590 g/mol. The molecule has 0 bridgehead atoms. The molecule has 2 rings (SSSR count). The number of carbonyl (C=O) groups is 14. The molecule has 0 radical (unpaired) electrons. The Morgan fingerprint density at radius 3 is 1.24 bits per heavy atom.